The lowest BCUT2D eigenvalue weighted by Gasteiger charge is -2.25. The Hall–Kier alpha value is -3.34. The highest BCUT2D eigenvalue weighted by Crippen LogP contribution is 2.07. The van der Waals surface area contributed by atoms with E-state index in [2.05, 4.69) is 51.8 Å². The van der Waals surface area contributed by atoms with Crippen LogP contribution in [-0.4, -0.2) is 94.9 Å². The van der Waals surface area contributed by atoms with Crippen molar-refractivity contribution in [3.8, 4) is 0 Å². The number of hydrogen-bond donors (Lipinski definition) is 10. The molecule has 0 aromatic heterocycles. The van der Waals surface area contributed by atoms with Gasteiger partial charge in [-0.05, 0) is 45.2 Å². The molecule has 5 amide bonds. The number of hydrogen-bond acceptors (Lipinski definition) is 10. The minimum atomic E-state index is -1.24. The van der Waals surface area contributed by atoms with Crippen molar-refractivity contribution in [3.05, 3.63) is 35.9 Å². The van der Waals surface area contributed by atoms with Crippen LogP contribution in [0.3, 0.4) is 0 Å². The smallest absolute Gasteiger partial charge is 0.326 e. The summed E-state index contributed by atoms with van der Waals surface area (Å²) in [7, 11) is 0. The molecule has 14 nitrogen and oxygen atoms in total. The topological polar surface area (TPSA) is 235 Å². The summed E-state index contributed by atoms with van der Waals surface area (Å²) in [6.07, 6.45) is 1.25. The Bertz CT molecular complexity index is 1100. The first-order valence-electron chi connectivity index (χ1n) is 13.8. The normalized spacial score (nSPS) is 15.0. The summed E-state index contributed by atoms with van der Waals surface area (Å²) in [5.74, 6) is -4.69. The average molecular weight is 642 g/mol. The van der Waals surface area contributed by atoms with E-state index in [4.69, 9.17) is 11.5 Å². The van der Waals surface area contributed by atoms with Crippen LogP contribution in [0.5, 0.6) is 0 Å². The fourth-order valence-electron chi connectivity index (χ4n) is 3.72. The average Bonchev–Trinajstić information content (AvgIpc) is 2.98. The van der Waals surface area contributed by atoms with Crippen molar-refractivity contribution in [3.63, 3.8) is 0 Å². The fourth-order valence-corrected chi connectivity index (χ4v) is 4.14. The standard InChI is InChI=1S/C27H43N7O7S2/c1-15(31-24(37)18(29)13-42)22(35)30-16(2)23(36)34-21(14-43)26(39)32-19(10-6-7-11-28)25(38)33-20(27(40)41)12-17-8-4-3-5-9-17/h3-5,8-9,15-16,18-21,42-43H,6-7,10-14,28-29H2,1-2H3,(H,30,35)(H,31,37)(H,32,39)(H,33,38)(H,34,36)(H,40,41)/t15?,16?,18?,19-,20?,21?/m1/s1. The molecule has 0 radical (unpaired) electrons. The predicted molar refractivity (Wildman–Crippen MR) is 167 cm³/mol. The third-order valence-corrected chi connectivity index (χ3v) is 7.09. The van der Waals surface area contributed by atoms with Gasteiger partial charge < -0.3 is 43.2 Å². The van der Waals surface area contributed by atoms with Gasteiger partial charge in [0.15, 0.2) is 0 Å². The number of nitrogens with two attached hydrogens (primary N) is 2. The first-order chi connectivity index (χ1) is 20.3. The molecule has 0 saturated heterocycles. The highest BCUT2D eigenvalue weighted by atomic mass is 32.1. The number of carboxylic acid groups (broad SMARTS) is 1. The van der Waals surface area contributed by atoms with E-state index in [1.807, 2.05) is 0 Å². The lowest BCUT2D eigenvalue weighted by Crippen LogP contribution is -2.59. The molecule has 43 heavy (non-hydrogen) atoms. The quantitative estimate of drug-likeness (QED) is 0.0599. The van der Waals surface area contributed by atoms with Crippen LogP contribution in [-0.2, 0) is 35.2 Å². The van der Waals surface area contributed by atoms with Crippen LogP contribution < -0.4 is 38.1 Å². The lowest BCUT2D eigenvalue weighted by atomic mass is 10.0. The zero-order chi connectivity index (χ0) is 32.5. The number of aliphatic carboxylic acids is 1. The molecule has 0 aliphatic rings. The summed E-state index contributed by atoms with van der Waals surface area (Å²) >= 11 is 8.07. The first-order valence-corrected chi connectivity index (χ1v) is 15.1. The Labute approximate surface area is 262 Å². The van der Waals surface area contributed by atoms with Gasteiger partial charge in [0.25, 0.3) is 0 Å². The van der Waals surface area contributed by atoms with Gasteiger partial charge in [-0.3, -0.25) is 24.0 Å². The number of carbonyl (C=O) groups is 6. The summed E-state index contributed by atoms with van der Waals surface area (Å²) in [6.45, 7) is 3.16. The van der Waals surface area contributed by atoms with Crippen molar-refractivity contribution in [1.29, 1.82) is 0 Å². The van der Waals surface area contributed by atoms with Gasteiger partial charge in [-0.2, -0.15) is 25.3 Å². The number of thiol groups is 2. The second kappa shape index (κ2) is 19.8. The van der Waals surface area contributed by atoms with Crippen molar-refractivity contribution in [2.24, 2.45) is 11.5 Å². The number of amides is 5. The summed E-state index contributed by atoms with van der Waals surface area (Å²) in [5, 5.41) is 22.1. The summed E-state index contributed by atoms with van der Waals surface area (Å²) in [4.78, 5) is 75.2. The number of unbranched alkanes of at least 4 members (excludes halogenated alkanes) is 1. The lowest BCUT2D eigenvalue weighted by molar-refractivity contribution is -0.142. The third kappa shape index (κ3) is 13.7. The molecule has 10 N–H and O–H groups in total. The van der Waals surface area contributed by atoms with E-state index in [0.717, 1.165) is 0 Å². The van der Waals surface area contributed by atoms with E-state index in [1.54, 1.807) is 30.3 Å². The summed E-state index contributed by atoms with van der Waals surface area (Å²) < 4.78 is 0. The van der Waals surface area contributed by atoms with E-state index >= 15 is 0 Å². The molecular formula is C27H43N7O7S2. The molecule has 240 valence electrons. The molecule has 0 fully saturated rings. The maximum absolute atomic E-state index is 13.1. The van der Waals surface area contributed by atoms with Gasteiger partial charge in [0, 0.05) is 17.9 Å². The van der Waals surface area contributed by atoms with Crippen molar-refractivity contribution < 1.29 is 33.9 Å². The molecule has 16 heteroatoms. The molecule has 1 aromatic carbocycles. The van der Waals surface area contributed by atoms with Crippen LogP contribution in [0.15, 0.2) is 30.3 Å². The Kier molecular flexibility index (Phi) is 17.3. The van der Waals surface area contributed by atoms with Gasteiger partial charge in [0.05, 0.1) is 6.04 Å². The third-order valence-electron chi connectivity index (χ3n) is 6.33. The highest BCUT2D eigenvalue weighted by molar-refractivity contribution is 7.80. The van der Waals surface area contributed by atoms with Gasteiger partial charge in [0.2, 0.25) is 29.5 Å². The zero-order valence-electron chi connectivity index (χ0n) is 24.2. The van der Waals surface area contributed by atoms with Crippen LogP contribution in [0.2, 0.25) is 0 Å². The molecule has 0 aliphatic heterocycles. The monoisotopic (exact) mass is 641 g/mol. The number of rotatable bonds is 19. The summed E-state index contributed by atoms with van der Waals surface area (Å²) in [5.41, 5.74) is 11.9. The molecule has 6 atom stereocenters. The number of nitrogens with one attached hydrogen (secondary N) is 5. The largest absolute Gasteiger partial charge is 0.480 e. The molecule has 0 aliphatic carbocycles. The molecule has 1 aromatic rings. The Morgan fingerprint density at radius 1 is 0.721 bits per heavy atom. The molecule has 0 bridgehead atoms. The van der Waals surface area contributed by atoms with E-state index < -0.39 is 71.8 Å². The second-order valence-electron chi connectivity index (χ2n) is 9.93. The summed E-state index contributed by atoms with van der Waals surface area (Å²) in [6, 6.07) is 2.22. The van der Waals surface area contributed by atoms with E-state index in [-0.39, 0.29) is 24.3 Å². The molecule has 0 heterocycles. The van der Waals surface area contributed by atoms with Crippen molar-refractivity contribution in [1.82, 2.24) is 26.6 Å². The van der Waals surface area contributed by atoms with Crippen LogP contribution in [0.4, 0.5) is 0 Å². The minimum absolute atomic E-state index is 0.0363. The van der Waals surface area contributed by atoms with E-state index in [9.17, 15) is 33.9 Å². The number of benzene rings is 1. The van der Waals surface area contributed by atoms with Crippen LogP contribution in [0, 0.1) is 0 Å². The maximum Gasteiger partial charge on any atom is 0.326 e. The van der Waals surface area contributed by atoms with E-state index in [1.165, 1.54) is 13.8 Å². The van der Waals surface area contributed by atoms with Gasteiger partial charge in [-0.1, -0.05) is 30.3 Å². The van der Waals surface area contributed by atoms with Gasteiger partial charge in [0.1, 0.15) is 30.2 Å². The Morgan fingerprint density at radius 3 is 1.77 bits per heavy atom. The maximum atomic E-state index is 13.1. The molecule has 1 rings (SSSR count). The fraction of sp³-hybridized carbons (Fsp3) is 0.556. The van der Waals surface area contributed by atoms with Gasteiger partial charge >= 0.3 is 5.97 Å². The van der Waals surface area contributed by atoms with Crippen LogP contribution >= 0.6 is 25.3 Å². The molecule has 5 unspecified atom stereocenters. The number of carboxylic acids is 1. The van der Waals surface area contributed by atoms with Crippen LogP contribution in [0.25, 0.3) is 0 Å². The van der Waals surface area contributed by atoms with Gasteiger partial charge in [-0.15, -0.1) is 0 Å². The zero-order valence-corrected chi connectivity index (χ0v) is 26.0. The van der Waals surface area contributed by atoms with Crippen molar-refractivity contribution in [2.45, 2.75) is 75.8 Å². The van der Waals surface area contributed by atoms with Crippen LogP contribution in [0.1, 0.15) is 38.7 Å². The second-order valence-corrected chi connectivity index (χ2v) is 10.7. The van der Waals surface area contributed by atoms with Crippen molar-refractivity contribution >= 4 is 60.8 Å². The Morgan fingerprint density at radius 2 is 1.23 bits per heavy atom. The minimum Gasteiger partial charge on any atom is -0.480 e. The highest BCUT2D eigenvalue weighted by Gasteiger charge is 2.30. The molecular weight excluding hydrogens is 598 g/mol. The SMILES string of the molecule is CC(NC(=O)C(N)CS)C(=O)NC(C)C(=O)NC(CS)C(=O)N[C@H](CCCCN)C(=O)NC(Cc1ccccc1)C(=O)O. The van der Waals surface area contributed by atoms with Crippen molar-refractivity contribution in [2.75, 3.05) is 18.1 Å². The Balaban J connectivity index is 2.86. The first kappa shape index (κ1) is 37.7. The van der Waals surface area contributed by atoms with E-state index in [0.29, 0.717) is 24.9 Å². The van der Waals surface area contributed by atoms with Gasteiger partial charge in [-0.25, -0.2) is 4.79 Å². The predicted octanol–water partition coefficient (Wildman–Crippen LogP) is -1.91. The number of carbonyl (C=O) groups excluding carboxylic acids is 5. The molecule has 0 saturated carbocycles. The molecule has 0 spiro atoms.